The van der Waals surface area contributed by atoms with E-state index in [1.54, 1.807) is 6.20 Å². The van der Waals surface area contributed by atoms with E-state index in [0.717, 1.165) is 24.6 Å². The molecule has 5 nitrogen and oxygen atoms in total. The average Bonchev–Trinajstić information content (AvgIpc) is 2.72. The molecule has 0 radical (unpaired) electrons. The van der Waals surface area contributed by atoms with Gasteiger partial charge >= 0.3 is 0 Å². The number of aromatic nitrogens is 2. The van der Waals surface area contributed by atoms with E-state index in [0.29, 0.717) is 5.69 Å². The Labute approximate surface area is 172 Å². The lowest BCUT2D eigenvalue weighted by atomic mass is 9.87. The van der Waals surface area contributed by atoms with Gasteiger partial charge in [-0.2, -0.15) is 0 Å². The molecule has 0 spiro atoms. The molecule has 0 aliphatic rings. The summed E-state index contributed by atoms with van der Waals surface area (Å²) < 4.78 is 0. The molecule has 0 aliphatic heterocycles. The molecule has 0 saturated carbocycles. The Morgan fingerprint density at radius 1 is 0.966 bits per heavy atom. The van der Waals surface area contributed by atoms with E-state index in [4.69, 9.17) is 0 Å². The summed E-state index contributed by atoms with van der Waals surface area (Å²) in [6.45, 7) is 10.1. The fraction of sp³-hybridized carbons (Fsp3) is 0.292. The molecule has 0 fully saturated rings. The second-order valence-corrected chi connectivity index (χ2v) is 8.04. The van der Waals surface area contributed by atoms with Gasteiger partial charge in [0.25, 0.3) is 5.91 Å². The molecule has 3 aromatic rings. The molecule has 1 amide bonds. The number of carbonyl (C=O) groups excluding carboxylic acids is 1. The summed E-state index contributed by atoms with van der Waals surface area (Å²) in [5, 5.41) is 2.88. The predicted molar refractivity (Wildman–Crippen MR) is 118 cm³/mol. The van der Waals surface area contributed by atoms with Crippen molar-refractivity contribution in [2.75, 3.05) is 16.8 Å². The molecular formula is C24H28N4O. The van der Waals surface area contributed by atoms with Crippen LogP contribution in [0, 0.1) is 0 Å². The standard InChI is InChI=1S/C24H28N4O/c1-5-28(17-18-9-7-6-8-10-18)22-16-25-21(15-26-22)23(29)27-20-13-11-19(12-14-20)24(2,3)4/h6-16H,5,17H2,1-4H3,(H,27,29). The van der Waals surface area contributed by atoms with Crippen molar-refractivity contribution in [1.29, 1.82) is 0 Å². The summed E-state index contributed by atoms with van der Waals surface area (Å²) in [6, 6.07) is 18.1. The van der Waals surface area contributed by atoms with Crippen LogP contribution >= 0.6 is 0 Å². The molecule has 29 heavy (non-hydrogen) atoms. The number of nitrogens with one attached hydrogen (secondary N) is 1. The minimum Gasteiger partial charge on any atom is -0.351 e. The fourth-order valence-electron chi connectivity index (χ4n) is 3.01. The number of amides is 1. The Morgan fingerprint density at radius 2 is 1.66 bits per heavy atom. The van der Waals surface area contributed by atoms with Crippen molar-refractivity contribution in [3.05, 3.63) is 83.8 Å². The van der Waals surface area contributed by atoms with Crippen LogP contribution in [0.2, 0.25) is 0 Å². The number of rotatable bonds is 6. The van der Waals surface area contributed by atoms with Gasteiger partial charge in [-0.1, -0.05) is 63.2 Å². The summed E-state index contributed by atoms with van der Waals surface area (Å²) >= 11 is 0. The Morgan fingerprint density at radius 3 is 2.21 bits per heavy atom. The van der Waals surface area contributed by atoms with Crippen LogP contribution in [0.5, 0.6) is 0 Å². The van der Waals surface area contributed by atoms with Gasteiger partial charge in [-0.3, -0.25) is 4.79 Å². The Bertz CT molecular complexity index is 929. The molecule has 0 aliphatic carbocycles. The normalized spacial score (nSPS) is 11.2. The second-order valence-electron chi connectivity index (χ2n) is 8.04. The second kappa shape index (κ2) is 8.86. The van der Waals surface area contributed by atoms with Gasteiger partial charge in [-0.05, 0) is 35.6 Å². The average molecular weight is 389 g/mol. The van der Waals surface area contributed by atoms with Crippen LogP contribution in [0.3, 0.4) is 0 Å². The SMILES string of the molecule is CCN(Cc1ccccc1)c1cnc(C(=O)Nc2ccc(C(C)(C)C)cc2)cn1. The molecule has 0 bridgehead atoms. The molecule has 2 aromatic carbocycles. The van der Waals surface area contributed by atoms with Crippen molar-refractivity contribution >= 4 is 17.4 Å². The van der Waals surface area contributed by atoms with Crippen molar-refractivity contribution in [3.8, 4) is 0 Å². The Kier molecular flexibility index (Phi) is 6.27. The van der Waals surface area contributed by atoms with Gasteiger partial charge in [0.05, 0.1) is 12.4 Å². The van der Waals surface area contributed by atoms with Gasteiger partial charge in [-0.25, -0.2) is 9.97 Å². The first-order chi connectivity index (χ1) is 13.9. The van der Waals surface area contributed by atoms with E-state index in [2.05, 4.69) is 60.0 Å². The van der Waals surface area contributed by atoms with Crippen molar-refractivity contribution in [1.82, 2.24) is 9.97 Å². The van der Waals surface area contributed by atoms with Gasteiger partial charge < -0.3 is 10.2 Å². The first-order valence-corrected chi connectivity index (χ1v) is 9.89. The van der Waals surface area contributed by atoms with E-state index < -0.39 is 0 Å². The minimum atomic E-state index is -0.265. The van der Waals surface area contributed by atoms with Crippen LogP contribution in [0.4, 0.5) is 11.5 Å². The van der Waals surface area contributed by atoms with E-state index in [-0.39, 0.29) is 11.3 Å². The monoisotopic (exact) mass is 388 g/mol. The van der Waals surface area contributed by atoms with Crippen molar-refractivity contribution < 1.29 is 4.79 Å². The number of hydrogen-bond donors (Lipinski definition) is 1. The predicted octanol–water partition coefficient (Wildman–Crippen LogP) is 5.05. The topological polar surface area (TPSA) is 58.1 Å². The zero-order valence-corrected chi connectivity index (χ0v) is 17.5. The van der Waals surface area contributed by atoms with E-state index in [9.17, 15) is 4.79 Å². The van der Waals surface area contributed by atoms with Gasteiger partial charge in [0.15, 0.2) is 0 Å². The highest BCUT2D eigenvalue weighted by Gasteiger charge is 2.14. The van der Waals surface area contributed by atoms with Crippen LogP contribution < -0.4 is 10.2 Å². The minimum absolute atomic E-state index is 0.0781. The largest absolute Gasteiger partial charge is 0.351 e. The van der Waals surface area contributed by atoms with Crippen molar-refractivity contribution in [2.45, 2.75) is 39.7 Å². The summed E-state index contributed by atoms with van der Waals surface area (Å²) in [6.07, 6.45) is 3.19. The highest BCUT2D eigenvalue weighted by molar-refractivity contribution is 6.02. The summed E-state index contributed by atoms with van der Waals surface area (Å²) in [7, 11) is 0. The van der Waals surface area contributed by atoms with E-state index in [1.807, 2.05) is 42.5 Å². The maximum atomic E-state index is 12.5. The summed E-state index contributed by atoms with van der Waals surface area (Å²) in [4.78, 5) is 23.4. The molecule has 0 unspecified atom stereocenters. The van der Waals surface area contributed by atoms with Gasteiger partial charge in [0.2, 0.25) is 0 Å². The number of hydrogen-bond acceptors (Lipinski definition) is 4. The number of benzene rings is 2. The third kappa shape index (κ3) is 5.41. The Hall–Kier alpha value is -3.21. The van der Waals surface area contributed by atoms with Gasteiger partial charge in [0, 0.05) is 18.8 Å². The van der Waals surface area contributed by atoms with E-state index in [1.165, 1.54) is 17.3 Å². The third-order valence-corrected chi connectivity index (χ3v) is 4.80. The molecule has 1 N–H and O–H groups in total. The highest BCUT2D eigenvalue weighted by atomic mass is 16.1. The zero-order valence-electron chi connectivity index (χ0n) is 17.5. The van der Waals surface area contributed by atoms with Crippen molar-refractivity contribution in [3.63, 3.8) is 0 Å². The van der Waals surface area contributed by atoms with Gasteiger partial charge in [0.1, 0.15) is 11.5 Å². The molecule has 1 aromatic heterocycles. The summed E-state index contributed by atoms with van der Waals surface area (Å²) in [5.41, 5.74) is 3.54. The third-order valence-electron chi connectivity index (χ3n) is 4.80. The quantitative estimate of drug-likeness (QED) is 0.642. The van der Waals surface area contributed by atoms with Crippen LogP contribution in [0.1, 0.15) is 49.3 Å². The highest BCUT2D eigenvalue weighted by Crippen LogP contribution is 2.23. The first-order valence-electron chi connectivity index (χ1n) is 9.89. The lowest BCUT2D eigenvalue weighted by Gasteiger charge is -2.21. The number of anilines is 2. The fourth-order valence-corrected chi connectivity index (χ4v) is 3.01. The molecule has 0 saturated heterocycles. The van der Waals surface area contributed by atoms with Crippen LogP contribution in [-0.4, -0.2) is 22.4 Å². The molecule has 5 heteroatoms. The lowest BCUT2D eigenvalue weighted by Crippen LogP contribution is -2.24. The maximum Gasteiger partial charge on any atom is 0.275 e. The molecule has 0 atom stereocenters. The number of carbonyl (C=O) groups is 1. The lowest BCUT2D eigenvalue weighted by molar-refractivity contribution is 0.102. The molecule has 1 heterocycles. The molecular weight excluding hydrogens is 360 g/mol. The van der Waals surface area contributed by atoms with Crippen LogP contribution in [0.15, 0.2) is 67.0 Å². The zero-order chi connectivity index (χ0) is 20.9. The molecule has 150 valence electrons. The maximum absolute atomic E-state index is 12.5. The Balaban J connectivity index is 1.66. The number of nitrogens with zero attached hydrogens (tertiary/aromatic N) is 3. The molecule has 3 rings (SSSR count). The van der Waals surface area contributed by atoms with E-state index >= 15 is 0 Å². The van der Waals surface area contributed by atoms with Crippen LogP contribution in [-0.2, 0) is 12.0 Å². The smallest absolute Gasteiger partial charge is 0.275 e. The van der Waals surface area contributed by atoms with Crippen molar-refractivity contribution in [2.24, 2.45) is 0 Å². The van der Waals surface area contributed by atoms with Gasteiger partial charge in [-0.15, -0.1) is 0 Å². The summed E-state index contributed by atoms with van der Waals surface area (Å²) in [5.74, 6) is 0.487. The van der Waals surface area contributed by atoms with Crippen LogP contribution in [0.25, 0.3) is 0 Å². The first kappa shape index (κ1) is 20.5.